The summed E-state index contributed by atoms with van der Waals surface area (Å²) in [7, 11) is 0. The average molecular weight is 315 g/mol. The number of nitrogens with two attached hydrogens (primary N) is 1. The van der Waals surface area contributed by atoms with E-state index >= 15 is 0 Å². The van der Waals surface area contributed by atoms with Crippen molar-refractivity contribution in [3.63, 3.8) is 0 Å². The van der Waals surface area contributed by atoms with Gasteiger partial charge in [0.1, 0.15) is 0 Å². The van der Waals surface area contributed by atoms with Crippen LogP contribution in [0.2, 0.25) is 15.1 Å². The molecule has 0 spiro atoms. The zero-order valence-electron chi connectivity index (χ0n) is 10.2. The molecule has 1 atom stereocenters. The molecule has 0 radical (unpaired) electrons. The van der Waals surface area contributed by atoms with E-state index in [1.807, 2.05) is 42.5 Å². The molecule has 2 N–H and O–H groups in total. The van der Waals surface area contributed by atoms with Crippen LogP contribution in [0.15, 0.2) is 42.5 Å². The number of hydrogen-bond donors (Lipinski definition) is 1. The third kappa shape index (κ3) is 3.87. The second-order valence-electron chi connectivity index (χ2n) is 4.44. The first-order valence-corrected chi connectivity index (χ1v) is 7.13. The van der Waals surface area contributed by atoms with Gasteiger partial charge in [0.15, 0.2) is 0 Å². The Labute approximate surface area is 128 Å². The van der Waals surface area contributed by atoms with Crippen LogP contribution in [0.1, 0.15) is 17.0 Å². The minimum Gasteiger partial charge on any atom is -0.330 e. The monoisotopic (exact) mass is 313 g/mol. The molecule has 0 amide bonds. The molecule has 0 aliphatic carbocycles. The average Bonchev–Trinajstić information content (AvgIpc) is 2.40. The molecule has 2 aromatic rings. The van der Waals surface area contributed by atoms with Crippen molar-refractivity contribution in [3.05, 3.63) is 68.7 Å². The Morgan fingerprint density at radius 2 is 1.74 bits per heavy atom. The fraction of sp³-hybridized carbons (Fsp3) is 0.200. The highest BCUT2D eigenvalue weighted by atomic mass is 35.5. The van der Waals surface area contributed by atoms with Gasteiger partial charge in [-0.3, -0.25) is 0 Å². The van der Waals surface area contributed by atoms with E-state index in [0.717, 1.165) is 22.6 Å². The van der Waals surface area contributed by atoms with Crippen LogP contribution in [0.25, 0.3) is 0 Å². The van der Waals surface area contributed by atoms with Gasteiger partial charge in [0.25, 0.3) is 0 Å². The Morgan fingerprint density at radius 3 is 2.37 bits per heavy atom. The molecule has 1 unspecified atom stereocenters. The molecule has 0 aromatic heterocycles. The largest absolute Gasteiger partial charge is 0.330 e. The van der Waals surface area contributed by atoms with E-state index in [2.05, 4.69) is 0 Å². The fourth-order valence-corrected chi connectivity index (χ4v) is 2.57. The van der Waals surface area contributed by atoms with E-state index in [1.54, 1.807) is 0 Å². The van der Waals surface area contributed by atoms with Crippen LogP contribution in [0.4, 0.5) is 0 Å². The molecule has 19 heavy (non-hydrogen) atoms. The zero-order valence-corrected chi connectivity index (χ0v) is 12.5. The molecule has 0 saturated carbocycles. The maximum Gasteiger partial charge on any atom is 0.0595 e. The van der Waals surface area contributed by atoms with Crippen LogP contribution in [0.5, 0.6) is 0 Å². The molecule has 4 heteroatoms. The van der Waals surface area contributed by atoms with Crippen molar-refractivity contribution in [3.8, 4) is 0 Å². The molecule has 0 bridgehead atoms. The van der Waals surface area contributed by atoms with Crippen LogP contribution in [-0.4, -0.2) is 6.54 Å². The molecule has 0 heterocycles. The van der Waals surface area contributed by atoms with Gasteiger partial charge in [0.2, 0.25) is 0 Å². The van der Waals surface area contributed by atoms with E-state index in [4.69, 9.17) is 40.5 Å². The number of rotatable bonds is 4. The summed E-state index contributed by atoms with van der Waals surface area (Å²) in [6, 6.07) is 13.5. The van der Waals surface area contributed by atoms with Gasteiger partial charge in [-0.15, -0.1) is 0 Å². The highest BCUT2D eigenvalue weighted by molar-refractivity contribution is 6.42. The summed E-state index contributed by atoms with van der Waals surface area (Å²) >= 11 is 18.0. The van der Waals surface area contributed by atoms with Crippen molar-refractivity contribution in [1.82, 2.24) is 0 Å². The first-order chi connectivity index (χ1) is 9.10. The van der Waals surface area contributed by atoms with E-state index in [-0.39, 0.29) is 5.92 Å². The second-order valence-corrected chi connectivity index (χ2v) is 5.69. The Balaban J connectivity index is 2.21. The number of benzene rings is 2. The van der Waals surface area contributed by atoms with Crippen LogP contribution in [0.3, 0.4) is 0 Å². The van der Waals surface area contributed by atoms with Crippen molar-refractivity contribution < 1.29 is 0 Å². The van der Waals surface area contributed by atoms with E-state index in [0.29, 0.717) is 16.6 Å². The van der Waals surface area contributed by atoms with Gasteiger partial charge in [0, 0.05) is 10.9 Å². The molecule has 0 aliphatic rings. The van der Waals surface area contributed by atoms with Gasteiger partial charge in [-0.2, -0.15) is 0 Å². The first kappa shape index (κ1) is 14.7. The van der Waals surface area contributed by atoms with Crippen molar-refractivity contribution in [2.45, 2.75) is 12.3 Å². The van der Waals surface area contributed by atoms with E-state index in [9.17, 15) is 0 Å². The highest BCUT2D eigenvalue weighted by Gasteiger charge is 2.12. The minimum atomic E-state index is 0.218. The van der Waals surface area contributed by atoms with Gasteiger partial charge in [-0.05, 0) is 48.4 Å². The predicted molar refractivity (Wildman–Crippen MR) is 83.4 cm³/mol. The molecule has 0 saturated heterocycles. The Kier molecular flexibility index (Phi) is 5.12. The van der Waals surface area contributed by atoms with Crippen molar-refractivity contribution in [1.29, 1.82) is 0 Å². The van der Waals surface area contributed by atoms with Crippen molar-refractivity contribution >= 4 is 34.8 Å². The minimum absolute atomic E-state index is 0.218. The van der Waals surface area contributed by atoms with Crippen molar-refractivity contribution in [2.75, 3.05) is 6.54 Å². The molecular weight excluding hydrogens is 301 g/mol. The lowest BCUT2D eigenvalue weighted by Gasteiger charge is -2.16. The van der Waals surface area contributed by atoms with E-state index < -0.39 is 0 Å². The highest BCUT2D eigenvalue weighted by Crippen LogP contribution is 2.27. The summed E-state index contributed by atoms with van der Waals surface area (Å²) in [4.78, 5) is 0. The van der Waals surface area contributed by atoms with E-state index in [1.165, 1.54) is 0 Å². The topological polar surface area (TPSA) is 26.0 Å². The normalized spacial score (nSPS) is 12.4. The summed E-state index contributed by atoms with van der Waals surface area (Å²) in [5.74, 6) is 0.218. The second kappa shape index (κ2) is 6.62. The summed E-state index contributed by atoms with van der Waals surface area (Å²) in [6.45, 7) is 0.556. The summed E-state index contributed by atoms with van der Waals surface area (Å²) in [6.07, 6.45) is 0.813. The fourth-order valence-electron chi connectivity index (χ4n) is 2.05. The first-order valence-electron chi connectivity index (χ1n) is 5.99. The van der Waals surface area contributed by atoms with Crippen LogP contribution in [0, 0.1) is 0 Å². The zero-order chi connectivity index (χ0) is 13.8. The third-order valence-corrected chi connectivity index (χ3v) is 4.04. The summed E-state index contributed by atoms with van der Waals surface area (Å²) in [5, 5.41) is 1.86. The van der Waals surface area contributed by atoms with Crippen molar-refractivity contribution in [2.24, 2.45) is 5.73 Å². The van der Waals surface area contributed by atoms with Gasteiger partial charge in [-0.1, -0.05) is 53.0 Å². The molecule has 100 valence electrons. The Hall–Kier alpha value is -0.730. The Morgan fingerprint density at radius 1 is 0.947 bits per heavy atom. The Bertz CT molecular complexity index is 569. The smallest absolute Gasteiger partial charge is 0.0595 e. The molecule has 2 aromatic carbocycles. The standard InChI is InChI=1S/C15H14Cl3N/c16-13-3-1-2-11(8-13)12(9-19)6-10-4-5-14(17)15(18)7-10/h1-5,7-8,12H,6,9,19H2. The third-order valence-electron chi connectivity index (χ3n) is 3.07. The lowest BCUT2D eigenvalue weighted by molar-refractivity contribution is 0.694. The SMILES string of the molecule is NCC(Cc1ccc(Cl)c(Cl)c1)c1cccc(Cl)c1. The molecule has 1 nitrogen and oxygen atoms in total. The molecule has 0 fully saturated rings. The van der Waals surface area contributed by atoms with Gasteiger partial charge in [-0.25, -0.2) is 0 Å². The molecule has 2 rings (SSSR count). The summed E-state index contributed by atoms with van der Waals surface area (Å²) in [5.41, 5.74) is 8.12. The van der Waals surface area contributed by atoms with Gasteiger partial charge >= 0.3 is 0 Å². The number of halogens is 3. The number of hydrogen-bond acceptors (Lipinski definition) is 1. The lowest BCUT2D eigenvalue weighted by Crippen LogP contribution is -2.15. The van der Waals surface area contributed by atoms with Crippen LogP contribution < -0.4 is 5.73 Å². The predicted octanol–water partition coefficient (Wildman–Crippen LogP) is 4.93. The molecule has 0 aliphatic heterocycles. The van der Waals surface area contributed by atoms with Crippen LogP contribution >= 0.6 is 34.8 Å². The van der Waals surface area contributed by atoms with Crippen LogP contribution in [-0.2, 0) is 6.42 Å². The quantitative estimate of drug-likeness (QED) is 0.850. The molecular formula is C15H14Cl3N. The van der Waals surface area contributed by atoms with Gasteiger partial charge in [0.05, 0.1) is 10.0 Å². The van der Waals surface area contributed by atoms with Gasteiger partial charge < -0.3 is 5.73 Å². The lowest BCUT2D eigenvalue weighted by atomic mass is 9.92. The maximum absolute atomic E-state index is 6.03. The summed E-state index contributed by atoms with van der Waals surface area (Å²) < 4.78 is 0. The maximum atomic E-state index is 6.03.